The zero-order valence-corrected chi connectivity index (χ0v) is 10.8. The maximum atomic E-state index is 12.0. The first-order valence-corrected chi connectivity index (χ1v) is 6.27. The molecule has 2 rings (SSSR count). The van der Waals surface area contributed by atoms with Crippen molar-refractivity contribution in [2.75, 3.05) is 0 Å². The number of phenolic OH excluding ortho intramolecular Hbond substituents is 1. The Morgan fingerprint density at radius 1 is 1.11 bits per heavy atom. The predicted octanol–water partition coefficient (Wildman–Crippen LogP) is 2.81. The summed E-state index contributed by atoms with van der Waals surface area (Å²) in [6.45, 7) is 2.38. The van der Waals surface area contributed by atoms with Gasteiger partial charge in [0.05, 0.1) is 5.92 Å². The van der Waals surface area contributed by atoms with Gasteiger partial charge in [0, 0.05) is 6.54 Å². The van der Waals surface area contributed by atoms with Crippen molar-refractivity contribution in [3.8, 4) is 5.75 Å². The Bertz CT molecular complexity index is 534. The molecule has 2 N–H and O–H groups in total. The lowest BCUT2D eigenvalue weighted by Gasteiger charge is -2.12. The van der Waals surface area contributed by atoms with Gasteiger partial charge >= 0.3 is 0 Å². The molecule has 1 atom stereocenters. The maximum absolute atomic E-state index is 12.0. The number of amides is 1. The molecule has 0 saturated heterocycles. The summed E-state index contributed by atoms with van der Waals surface area (Å²) in [5, 5.41) is 12.1. The van der Waals surface area contributed by atoms with E-state index >= 15 is 0 Å². The SMILES string of the molecule is CC(C(=O)NCc1ccccc1)c1ccc(O)cc1. The lowest BCUT2D eigenvalue weighted by molar-refractivity contribution is -0.122. The van der Waals surface area contributed by atoms with Gasteiger partial charge in [-0.15, -0.1) is 0 Å². The molecule has 0 saturated carbocycles. The molecule has 0 aliphatic rings. The van der Waals surface area contributed by atoms with Gasteiger partial charge in [-0.25, -0.2) is 0 Å². The first-order chi connectivity index (χ1) is 9.16. The van der Waals surface area contributed by atoms with Crippen molar-refractivity contribution >= 4 is 5.91 Å². The molecule has 2 aromatic rings. The molecule has 0 aliphatic heterocycles. The number of hydrogen-bond acceptors (Lipinski definition) is 2. The van der Waals surface area contributed by atoms with E-state index in [0.717, 1.165) is 11.1 Å². The smallest absolute Gasteiger partial charge is 0.227 e. The van der Waals surface area contributed by atoms with Crippen LogP contribution in [0.25, 0.3) is 0 Å². The Kier molecular flexibility index (Phi) is 4.18. The Morgan fingerprint density at radius 2 is 1.74 bits per heavy atom. The fourth-order valence-corrected chi connectivity index (χ4v) is 1.85. The van der Waals surface area contributed by atoms with Gasteiger partial charge in [0.1, 0.15) is 5.75 Å². The maximum Gasteiger partial charge on any atom is 0.227 e. The average Bonchev–Trinajstić information content (AvgIpc) is 2.46. The largest absolute Gasteiger partial charge is 0.508 e. The minimum Gasteiger partial charge on any atom is -0.508 e. The average molecular weight is 255 g/mol. The first-order valence-electron chi connectivity index (χ1n) is 6.27. The highest BCUT2D eigenvalue weighted by atomic mass is 16.3. The fraction of sp³-hybridized carbons (Fsp3) is 0.188. The van der Waals surface area contributed by atoms with E-state index in [1.807, 2.05) is 37.3 Å². The number of carbonyl (C=O) groups is 1. The van der Waals surface area contributed by atoms with Crippen LogP contribution < -0.4 is 5.32 Å². The number of nitrogens with one attached hydrogen (secondary N) is 1. The summed E-state index contributed by atoms with van der Waals surface area (Å²) in [5.41, 5.74) is 1.97. The minimum absolute atomic E-state index is 0.0189. The monoisotopic (exact) mass is 255 g/mol. The van der Waals surface area contributed by atoms with Gasteiger partial charge in [0.25, 0.3) is 0 Å². The molecule has 0 aliphatic carbocycles. The highest BCUT2D eigenvalue weighted by molar-refractivity contribution is 5.83. The van der Waals surface area contributed by atoms with E-state index in [4.69, 9.17) is 0 Å². The van der Waals surface area contributed by atoms with Crippen LogP contribution in [-0.4, -0.2) is 11.0 Å². The van der Waals surface area contributed by atoms with Gasteiger partial charge < -0.3 is 10.4 Å². The lowest BCUT2D eigenvalue weighted by Crippen LogP contribution is -2.27. The van der Waals surface area contributed by atoms with Gasteiger partial charge in [0.15, 0.2) is 0 Å². The summed E-state index contributed by atoms with van der Waals surface area (Å²) in [6.07, 6.45) is 0. The third-order valence-electron chi connectivity index (χ3n) is 3.10. The third-order valence-corrected chi connectivity index (χ3v) is 3.10. The Hall–Kier alpha value is -2.29. The molecular formula is C16H17NO2. The van der Waals surface area contributed by atoms with Crippen molar-refractivity contribution < 1.29 is 9.90 Å². The number of rotatable bonds is 4. The summed E-state index contributed by atoms with van der Waals surface area (Å²) in [4.78, 5) is 12.0. The van der Waals surface area contributed by atoms with E-state index < -0.39 is 0 Å². The summed E-state index contributed by atoms with van der Waals surface area (Å²) in [6, 6.07) is 16.5. The molecule has 0 fully saturated rings. The van der Waals surface area contributed by atoms with Gasteiger partial charge in [0.2, 0.25) is 5.91 Å². The van der Waals surface area contributed by atoms with Crippen LogP contribution in [0.1, 0.15) is 24.0 Å². The quantitative estimate of drug-likeness (QED) is 0.882. The molecule has 3 heteroatoms. The van der Waals surface area contributed by atoms with Crippen LogP contribution in [0.4, 0.5) is 0 Å². The summed E-state index contributed by atoms with van der Waals surface area (Å²) in [7, 11) is 0. The first kappa shape index (κ1) is 13.1. The van der Waals surface area contributed by atoms with Crippen molar-refractivity contribution in [3.05, 3.63) is 65.7 Å². The van der Waals surface area contributed by atoms with E-state index in [9.17, 15) is 9.90 Å². The van der Waals surface area contributed by atoms with Crippen LogP contribution >= 0.6 is 0 Å². The molecule has 0 aromatic heterocycles. The van der Waals surface area contributed by atoms with Crippen LogP contribution in [0, 0.1) is 0 Å². The van der Waals surface area contributed by atoms with Crippen molar-refractivity contribution in [3.63, 3.8) is 0 Å². The standard InChI is InChI=1S/C16H17NO2/c1-12(14-7-9-15(18)10-8-14)16(19)17-11-13-5-3-2-4-6-13/h2-10,12,18H,11H2,1H3,(H,17,19). The Balaban J connectivity index is 1.94. The molecule has 0 bridgehead atoms. The van der Waals surface area contributed by atoms with Gasteiger partial charge in [-0.05, 0) is 30.2 Å². The second-order valence-corrected chi connectivity index (χ2v) is 4.52. The fourth-order valence-electron chi connectivity index (χ4n) is 1.85. The van der Waals surface area contributed by atoms with Crippen LogP contribution in [0.3, 0.4) is 0 Å². The zero-order chi connectivity index (χ0) is 13.7. The third kappa shape index (κ3) is 3.58. The summed E-state index contributed by atoms with van der Waals surface area (Å²) in [5.74, 6) is -0.0421. The van der Waals surface area contributed by atoms with Crippen molar-refractivity contribution in [1.29, 1.82) is 0 Å². The molecule has 19 heavy (non-hydrogen) atoms. The van der Waals surface area contributed by atoms with E-state index in [2.05, 4.69) is 5.32 Å². The van der Waals surface area contributed by atoms with E-state index in [-0.39, 0.29) is 17.6 Å². The van der Waals surface area contributed by atoms with Crippen molar-refractivity contribution in [2.45, 2.75) is 19.4 Å². The van der Waals surface area contributed by atoms with Crippen LogP contribution in [0.2, 0.25) is 0 Å². The number of carbonyl (C=O) groups excluding carboxylic acids is 1. The number of benzene rings is 2. The molecule has 98 valence electrons. The topological polar surface area (TPSA) is 49.3 Å². The molecule has 0 heterocycles. The predicted molar refractivity (Wildman–Crippen MR) is 74.8 cm³/mol. The van der Waals surface area contributed by atoms with E-state index in [1.54, 1.807) is 24.3 Å². The number of hydrogen-bond donors (Lipinski definition) is 2. The second kappa shape index (κ2) is 6.05. The Morgan fingerprint density at radius 3 is 2.37 bits per heavy atom. The molecule has 0 radical (unpaired) electrons. The Labute approximate surface area is 112 Å². The number of aromatic hydroxyl groups is 1. The second-order valence-electron chi connectivity index (χ2n) is 4.52. The van der Waals surface area contributed by atoms with Gasteiger partial charge in [-0.3, -0.25) is 4.79 Å². The summed E-state index contributed by atoms with van der Waals surface area (Å²) >= 11 is 0. The van der Waals surface area contributed by atoms with Crippen LogP contribution in [-0.2, 0) is 11.3 Å². The molecule has 2 aromatic carbocycles. The van der Waals surface area contributed by atoms with E-state index in [1.165, 1.54) is 0 Å². The zero-order valence-electron chi connectivity index (χ0n) is 10.8. The molecule has 0 spiro atoms. The highest BCUT2D eigenvalue weighted by Gasteiger charge is 2.14. The normalized spacial score (nSPS) is 11.8. The summed E-state index contributed by atoms with van der Waals surface area (Å²) < 4.78 is 0. The lowest BCUT2D eigenvalue weighted by atomic mass is 10.0. The molecule has 1 amide bonds. The van der Waals surface area contributed by atoms with Crippen molar-refractivity contribution in [1.82, 2.24) is 5.32 Å². The minimum atomic E-state index is -0.232. The van der Waals surface area contributed by atoms with Crippen molar-refractivity contribution in [2.24, 2.45) is 0 Å². The number of phenols is 1. The van der Waals surface area contributed by atoms with E-state index in [0.29, 0.717) is 6.54 Å². The molecular weight excluding hydrogens is 238 g/mol. The highest BCUT2D eigenvalue weighted by Crippen LogP contribution is 2.18. The van der Waals surface area contributed by atoms with Gasteiger partial charge in [-0.1, -0.05) is 42.5 Å². The molecule has 3 nitrogen and oxygen atoms in total. The van der Waals surface area contributed by atoms with Gasteiger partial charge in [-0.2, -0.15) is 0 Å². The molecule has 1 unspecified atom stereocenters. The van der Waals surface area contributed by atoms with Crippen LogP contribution in [0.15, 0.2) is 54.6 Å². The van der Waals surface area contributed by atoms with Crippen LogP contribution in [0.5, 0.6) is 5.75 Å².